The zero-order valence-corrected chi connectivity index (χ0v) is 15.2. The van der Waals surface area contributed by atoms with Gasteiger partial charge in [0.05, 0.1) is 5.56 Å². The summed E-state index contributed by atoms with van der Waals surface area (Å²) in [7, 11) is 1.61. The van der Waals surface area contributed by atoms with Crippen LogP contribution in [0.4, 0.5) is 0 Å². The van der Waals surface area contributed by atoms with E-state index < -0.39 is 11.1 Å². The van der Waals surface area contributed by atoms with E-state index in [9.17, 15) is 5.11 Å². The lowest BCUT2D eigenvalue weighted by Gasteiger charge is -2.32. The molecule has 0 fully saturated rings. The van der Waals surface area contributed by atoms with E-state index in [1.54, 1.807) is 31.5 Å². The van der Waals surface area contributed by atoms with E-state index in [0.29, 0.717) is 28.3 Å². The fourth-order valence-corrected chi connectivity index (χ4v) is 3.06. The molecule has 0 bridgehead atoms. The SMILES string of the molecule is COC(C)(C)C#Cc1cnc2c(c1)[C@]1(COC(N)=N1)c1cc(O)ccc1O2. The molecule has 0 saturated carbocycles. The summed E-state index contributed by atoms with van der Waals surface area (Å²) in [6, 6.07) is 6.77. The third-order valence-corrected chi connectivity index (χ3v) is 4.66. The number of phenolic OH excluding ortho intramolecular Hbond substituents is 1. The van der Waals surface area contributed by atoms with Crippen molar-refractivity contribution in [2.75, 3.05) is 13.7 Å². The lowest BCUT2D eigenvalue weighted by atomic mass is 9.82. The minimum absolute atomic E-state index is 0.0779. The van der Waals surface area contributed by atoms with Crippen molar-refractivity contribution < 1.29 is 19.3 Å². The molecular formula is C20H19N3O4. The third kappa shape index (κ3) is 2.84. The Bertz CT molecular complexity index is 1020. The molecule has 7 heteroatoms. The summed E-state index contributed by atoms with van der Waals surface area (Å²) in [4.78, 5) is 8.95. The molecule has 3 N–H and O–H groups in total. The minimum Gasteiger partial charge on any atom is -0.508 e. The molecule has 0 saturated heterocycles. The fourth-order valence-electron chi connectivity index (χ4n) is 3.06. The van der Waals surface area contributed by atoms with Crippen LogP contribution in [0.15, 0.2) is 35.5 Å². The van der Waals surface area contributed by atoms with E-state index >= 15 is 0 Å². The topological polar surface area (TPSA) is 99.2 Å². The Hall–Kier alpha value is -3.24. The van der Waals surface area contributed by atoms with Crippen LogP contribution in [0.25, 0.3) is 0 Å². The molecule has 1 aromatic heterocycles. The number of amidine groups is 1. The second-order valence-corrected chi connectivity index (χ2v) is 6.92. The van der Waals surface area contributed by atoms with E-state index in [2.05, 4.69) is 21.8 Å². The summed E-state index contributed by atoms with van der Waals surface area (Å²) in [6.07, 6.45) is 1.64. The van der Waals surface area contributed by atoms with Crippen molar-refractivity contribution >= 4 is 6.02 Å². The van der Waals surface area contributed by atoms with Crippen LogP contribution in [-0.4, -0.2) is 35.4 Å². The predicted molar refractivity (Wildman–Crippen MR) is 98.7 cm³/mol. The lowest BCUT2D eigenvalue weighted by Crippen LogP contribution is -2.31. The molecule has 1 aromatic carbocycles. The number of rotatable bonds is 1. The second-order valence-electron chi connectivity index (χ2n) is 6.92. The number of methoxy groups -OCH3 is 1. The van der Waals surface area contributed by atoms with Gasteiger partial charge in [-0.05, 0) is 38.1 Å². The number of fused-ring (bicyclic) bond motifs is 4. The van der Waals surface area contributed by atoms with Crippen molar-refractivity contribution in [3.8, 4) is 29.2 Å². The zero-order chi connectivity index (χ0) is 19.2. The predicted octanol–water partition coefficient (Wildman–Crippen LogP) is 2.26. The maximum absolute atomic E-state index is 9.97. The fraction of sp³-hybridized carbons (Fsp3) is 0.300. The molecule has 0 unspecified atom stereocenters. The number of nitrogens with two attached hydrogens (primary N) is 1. The van der Waals surface area contributed by atoms with Crippen molar-refractivity contribution in [3.05, 3.63) is 47.2 Å². The second kappa shape index (κ2) is 5.89. The third-order valence-electron chi connectivity index (χ3n) is 4.66. The molecule has 3 heterocycles. The van der Waals surface area contributed by atoms with Crippen molar-refractivity contribution in [2.45, 2.75) is 25.0 Å². The van der Waals surface area contributed by atoms with Gasteiger partial charge in [0.25, 0.3) is 6.02 Å². The van der Waals surface area contributed by atoms with Gasteiger partial charge in [0.1, 0.15) is 23.7 Å². The average Bonchev–Trinajstić information content (AvgIpc) is 3.04. The number of phenols is 1. The minimum atomic E-state index is -0.937. The Morgan fingerprint density at radius 3 is 2.81 bits per heavy atom. The highest BCUT2D eigenvalue weighted by molar-refractivity contribution is 5.76. The van der Waals surface area contributed by atoms with Crippen LogP contribution in [-0.2, 0) is 15.0 Å². The van der Waals surface area contributed by atoms with Gasteiger partial charge >= 0.3 is 0 Å². The summed E-state index contributed by atoms with van der Waals surface area (Å²) >= 11 is 0. The maximum Gasteiger partial charge on any atom is 0.283 e. The molecule has 4 rings (SSSR count). The number of benzene rings is 1. The number of aliphatic imine (C=N–C) groups is 1. The van der Waals surface area contributed by atoms with Gasteiger partial charge in [-0.2, -0.15) is 0 Å². The van der Waals surface area contributed by atoms with Crippen molar-refractivity contribution in [1.29, 1.82) is 0 Å². The molecule has 2 aliphatic heterocycles. The molecule has 7 nitrogen and oxygen atoms in total. The van der Waals surface area contributed by atoms with Gasteiger partial charge in [0.2, 0.25) is 5.88 Å². The van der Waals surface area contributed by atoms with Crippen molar-refractivity contribution in [3.63, 3.8) is 0 Å². The number of ether oxygens (including phenoxy) is 3. The Kier molecular flexibility index (Phi) is 3.75. The number of aromatic nitrogens is 1. The highest BCUT2D eigenvalue weighted by Crippen LogP contribution is 2.50. The molecule has 138 valence electrons. The smallest absolute Gasteiger partial charge is 0.283 e. The van der Waals surface area contributed by atoms with Crippen LogP contribution in [0.1, 0.15) is 30.5 Å². The molecule has 1 atom stereocenters. The average molecular weight is 365 g/mol. The van der Waals surface area contributed by atoms with Crippen LogP contribution in [0.5, 0.6) is 17.4 Å². The highest BCUT2D eigenvalue weighted by Gasteiger charge is 2.47. The Labute approximate surface area is 156 Å². The van der Waals surface area contributed by atoms with Crippen molar-refractivity contribution in [2.24, 2.45) is 10.7 Å². The quantitative estimate of drug-likeness (QED) is 0.752. The number of aromatic hydroxyl groups is 1. The monoisotopic (exact) mass is 365 g/mol. The van der Waals surface area contributed by atoms with Gasteiger partial charge in [-0.15, -0.1) is 0 Å². The molecule has 1 spiro atoms. The first-order chi connectivity index (χ1) is 12.8. The van der Waals surface area contributed by atoms with Gasteiger partial charge in [-0.1, -0.05) is 11.8 Å². The normalized spacial score (nSPS) is 19.9. The summed E-state index contributed by atoms with van der Waals surface area (Å²) < 4.78 is 16.7. The first-order valence-corrected chi connectivity index (χ1v) is 8.41. The van der Waals surface area contributed by atoms with Gasteiger partial charge < -0.3 is 25.1 Å². The molecular weight excluding hydrogens is 346 g/mol. The van der Waals surface area contributed by atoms with Crippen LogP contribution >= 0.6 is 0 Å². The maximum atomic E-state index is 9.97. The number of hydrogen-bond acceptors (Lipinski definition) is 7. The molecule has 0 amide bonds. The number of hydrogen-bond donors (Lipinski definition) is 2. The van der Waals surface area contributed by atoms with Crippen molar-refractivity contribution in [1.82, 2.24) is 4.98 Å². The molecule has 2 aromatic rings. The van der Waals surface area contributed by atoms with Gasteiger partial charge in [0.15, 0.2) is 5.54 Å². The first-order valence-electron chi connectivity index (χ1n) is 8.41. The Balaban J connectivity index is 1.88. The Morgan fingerprint density at radius 1 is 1.30 bits per heavy atom. The molecule has 27 heavy (non-hydrogen) atoms. The van der Waals surface area contributed by atoms with E-state index in [4.69, 9.17) is 19.9 Å². The summed E-state index contributed by atoms with van der Waals surface area (Å²) in [5.74, 6) is 7.20. The summed E-state index contributed by atoms with van der Waals surface area (Å²) in [5.41, 5.74) is 6.34. The Morgan fingerprint density at radius 2 is 2.11 bits per heavy atom. The standard InChI is InChI=1S/C20H19N3O4/c1-19(2,25-3)7-6-12-8-15-17(22-10-12)27-16-5-4-13(24)9-14(16)20(15)11-26-18(21)23-20/h4-5,8-10,24H,11H2,1-3H3,(H2,21,23)/t20-/m0/s1. The highest BCUT2D eigenvalue weighted by atomic mass is 16.5. The van der Waals surface area contributed by atoms with Gasteiger partial charge in [-0.25, -0.2) is 9.98 Å². The number of pyridine rings is 1. The zero-order valence-electron chi connectivity index (χ0n) is 15.2. The van der Waals surface area contributed by atoms with Crippen LogP contribution in [0, 0.1) is 11.8 Å². The van der Waals surface area contributed by atoms with E-state index in [0.717, 1.165) is 0 Å². The largest absolute Gasteiger partial charge is 0.508 e. The summed E-state index contributed by atoms with van der Waals surface area (Å²) in [5, 5.41) is 9.97. The van der Waals surface area contributed by atoms with Crippen LogP contribution < -0.4 is 10.5 Å². The number of nitrogens with zero attached hydrogens (tertiary/aromatic N) is 2. The van der Waals surface area contributed by atoms with Crippen LogP contribution in [0.2, 0.25) is 0 Å². The van der Waals surface area contributed by atoms with Crippen LogP contribution in [0.3, 0.4) is 0 Å². The van der Waals surface area contributed by atoms with Gasteiger partial charge in [0, 0.05) is 24.4 Å². The molecule has 0 aliphatic carbocycles. The van der Waals surface area contributed by atoms with E-state index in [-0.39, 0.29) is 18.4 Å². The summed E-state index contributed by atoms with van der Waals surface area (Å²) in [6.45, 7) is 3.95. The van der Waals surface area contributed by atoms with Gasteiger partial charge in [-0.3, -0.25) is 0 Å². The molecule has 0 radical (unpaired) electrons. The first kappa shape index (κ1) is 17.2. The lowest BCUT2D eigenvalue weighted by molar-refractivity contribution is 0.0742. The van der Waals surface area contributed by atoms with E-state index in [1.165, 1.54) is 0 Å². The van der Waals surface area contributed by atoms with E-state index in [1.807, 2.05) is 19.9 Å². The molecule has 2 aliphatic rings.